The van der Waals surface area contributed by atoms with E-state index in [-0.39, 0.29) is 12.5 Å². The molecule has 0 heterocycles. The number of hydrogen-bond acceptors (Lipinski definition) is 3. The number of aliphatic hydroxyl groups is 2. The predicted octanol–water partition coefficient (Wildman–Crippen LogP) is 13.0. The van der Waals surface area contributed by atoms with Crippen molar-refractivity contribution in [2.75, 3.05) is 6.61 Å². The third kappa shape index (κ3) is 35.9. The molecule has 0 aromatic heterocycles. The van der Waals surface area contributed by atoms with Crippen molar-refractivity contribution in [1.29, 1.82) is 0 Å². The first-order valence-electron chi connectivity index (χ1n) is 21.2. The van der Waals surface area contributed by atoms with Gasteiger partial charge in [-0.3, -0.25) is 4.79 Å². The summed E-state index contributed by atoms with van der Waals surface area (Å²) in [5.74, 6) is -0.0818. The van der Waals surface area contributed by atoms with Crippen LogP contribution in [0.25, 0.3) is 0 Å². The first-order chi connectivity index (χ1) is 23.7. The maximum Gasteiger partial charge on any atom is 0.220 e. The lowest BCUT2D eigenvalue weighted by atomic mass is 10.0. The lowest BCUT2D eigenvalue weighted by molar-refractivity contribution is -0.123. The highest BCUT2D eigenvalue weighted by atomic mass is 16.3. The molecule has 2 atom stereocenters. The summed E-state index contributed by atoms with van der Waals surface area (Å²) in [6.07, 6.45) is 52.5. The van der Waals surface area contributed by atoms with Gasteiger partial charge in [-0.15, -0.1) is 0 Å². The molecular formula is C44H83NO3. The van der Waals surface area contributed by atoms with Gasteiger partial charge in [-0.2, -0.15) is 0 Å². The second-order valence-corrected chi connectivity index (χ2v) is 14.4. The Kier molecular flexibility index (Phi) is 38.9. The number of aliphatic hydroxyl groups excluding tert-OH is 2. The Morgan fingerprint density at radius 2 is 0.812 bits per heavy atom. The fourth-order valence-corrected chi connectivity index (χ4v) is 6.31. The third-order valence-electron chi connectivity index (χ3n) is 9.60. The van der Waals surface area contributed by atoms with E-state index in [9.17, 15) is 15.0 Å². The van der Waals surface area contributed by atoms with Gasteiger partial charge in [0, 0.05) is 6.42 Å². The average molecular weight is 674 g/mol. The fraction of sp³-hybridized carbons (Fsp3) is 0.841. The lowest BCUT2D eigenvalue weighted by Gasteiger charge is -2.19. The van der Waals surface area contributed by atoms with E-state index in [0.29, 0.717) is 6.42 Å². The summed E-state index contributed by atoms with van der Waals surface area (Å²) in [5, 5.41) is 23.0. The molecule has 0 aliphatic carbocycles. The Morgan fingerprint density at radius 3 is 1.21 bits per heavy atom. The standard InChI is InChI=1S/C44H83NO3/c1-3-5-7-9-11-13-15-17-19-21-23-25-27-29-31-33-35-37-39-43(47)42(41-46)45-44(48)40-38-36-34-32-30-28-26-24-22-20-18-16-14-12-10-8-6-4-2/h24,26,29,31,37,39,42-43,46-47H,3-23,25,27-28,30,32-36,38,40-41H2,1-2H3,(H,45,48)/b26-24-,31-29+,39-37+. The Hall–Kier alpha value is -1.39. The molecule has 0 fully saturated rings. The molecule has 0 aliphatic rings. The summed E-state index contributed by atoms with van der Waals surface area (Å²) in [4.78, 5) is 12.4. The molecular weight excluding hydrogens is 590 g/mol. The zero-order valence-corrected chi connectivity index (χ0v) is 32.3. The Bertz CT molecular complexity index is 731. The summed E-state index contributed by atoms with van der Waals surface area (Å²) in [7, 11) is 0. The van der Waals surface area contributed by atoms with Crippen molar-refractivity contribution >= 4 is 5.91 Å². The number of carbonyl (C=O) groups excluding carboxylic acids is 1. The first-order valence-corrected chi connectivity index (χ1v) is 21.2. The van der Waals surface area contributed by atoms with Gasteiger partial charge in [-0.25, -0.2) is 0 Å². The van der Waals surface area contributed by atoms with Gasteiger partial charge in [0.25, 0.3) is 0 Å². The van der Waals surface area contributed by atoms with Crippen LogP contribution in [0.2, 0.25) is 0 Å². The van der Waals surface area contributed by atoms with E-state index in [0.717, 1.165) is 44.9 Å². The smallest absolute Gasteiger partial charge is 0.220 e. The summed E-state index contributed by atoms with van der Waals surface area (Å²) in [6, 6.07) is -0.641. The lowest BCUT2D eigenvalue weighted by Crippen LogP contribution is -2.45. The summed E-state index contributed by atoms with van der Waals surface area (Å²) >= 11 is 0. The number of carbonyl (C=O) groups is 1. The monoisotopic (exact) mass is 674 g/mol. The van der Waals surface area contributed by atoms with E-state index in [1.54, 1.807) is 6.08 Å². The molecule has 0 saturated heterocycles. The second kappa shape index (κ2) is 40.0. The van der Waals surface area contributed by atoms with Gasteiger partial charge in [-0.1, -0.05) is 192 Å². The SMILES string of the molecule is CCCCCCCCCCC/C=C\CCCCCCCC(=O)NC(CO)C(O)/C=C/CC/C=C/CCCCCCCCCCCCCC. The van der Waals surface area contributed by atoms with E-state index in [4.69, 9.17) is 0 Å². The van der Waals surface area contributed by atoms with E-state index in [1.165, 1.54) is 154 Å². The highest BCUT2D eigenvalue weighted by Gasteiger charge is 2.17. The Balaban J connectivity index is 3.64. The largest absolute Gasteiger partial charge is 0.394 e. The molecule has 0 aromatic rings. The molecule has 0 aromatic carbocycles. The molecule has 0 aliphatic heterocycles. The molecule has 0 bridgehead atoms. The Labute approximate surface area is 300 Å². The van der Waals surface area contributed by atoms with Gasteiger partial charge in [0.1, 0.15) is 0 Å². The zero-order chi connectivity index (χ0) is 35.0. The molecule has 4 nitrogen and oxygen atoms in total. The van der Waals surface area contributed by atoms with Crippen LogP contribution in [0.5, 0.6) is 0 Å². The molecule has 0 saturated carbocycles. The molecule has 2 unspecified atom stereocenters. The van der Waals surface area contributed by atoms with Crippen molar-refractivity contribution in [3.8, 4) is 0 Å². The van der Waals surface area contributed by atoms with Gasteiger partial charge >= 0.3 is 0 Å². The van der Waals surface area contributed by atoms with Crippen LogP contribution in [-0.2, 0) is 4.79 Å². The van der Waals surface area contributed by atoms with Crippen LogP contribution in [0.4, 0.5) is 0 Å². The topological polar surface area (TPSA) is 69.6 Å². The fourth-order valence-electron chi connectivity index (χ4n) is 6.31. The molecule has 0 rings (SSSR count). The molecule has 282 valence electrons. The van der Waals surface area contributed by atoms with E-state index >= 15 is 0 Å². The maximum absolute atomic E-state index is 12.4. The van der Waals surface area contributed by atoms with E-state index < -0.39 is 12.1 Å². The van der Waals surface area contributed by atoms with Crippen molar-refractivity contribution in [2.24, 2.45) is 0 Å². The van der Waals surface area contributed by atoms with Crippen LogP contribution in [0.3, 0.4) is 0 Å². The zero-order valence-electron chi connectivity index (χ0n) is 32.3. The number of amides is 1. The Morgan fingerprint density at radius 1 is 0.479 bits per heavy atom. The van der Waals surface area contributed by atoms with Crippen molar-refractivity contribution in [1.82, 2.24) is 5.32 Å². The van der Waals surface area contributed by atoms with Gasteiger partial charge in [-0.05, 0) is 57.8 Å². The van der Waals surface area contributed by atoms with Crippen molar-refractivity contribution in [2.45, 2.75) is 231 Å². The maximum atomic E-state index is 12.4. The quantitative estimate of drug-likeness (QED) is 0.0451. The van der Waals surface area contributed by atoms with E-state index in [2.05, 4.69) is 43.5 Å². The molecule has 0 spiro atoms. The van der Waals surface area contributed by atoms with Crippen LogP contribution in [0.1, 0.15) is 219 Å². The molecule has 3 N–H and O–H groups in total. The van der Waals surface area contributed by atoms with Gasteiger partial charge in [0.05, 0.1) is 18.8 Å². The normalized spacial score (nSPS) is 13.3. The van der Waals surface area contributed by atoms with Gasteiger partial charge in [0.2, 0.25) is 5.91 Å². The predicted molar refractivity (Wildman–Crippen MR) is 212 cm³/mol. The first kappa shape index (κ1) is 46.6. The average Bonchev–Trinajstić information content (AvgIpc) is 3.09. The van der Waals surface area contributed by atoms with E-state index in [1.807, 2.05) is 6.08 Å². The molecule has 1 amide bonds. The van der Waals surface area contributed by atoms with Crippen molar-refractivity contribution in [3.05, 3.63) is 36.5 Å². The minimum absolute atomic E-state index is 0.0818. The minimum atomic E-state index is -0.864. The molecule has 0 radical (unpaired) electrons. The van der Waals surface area contributed by atoms with Crippen LogP contribution in [0.15, 0.2) is 36.5 Å². The molecule has 48 heavy (non-hydrogen) atoms. The third-order valence-corrected chi connectivity index (χ3v) is 9.60. The highest BCUT2D eigenvalue weighted by Crippen LogP contribution is 2.14. The summed E-state index contributed by atoms with van der Waals surface area (Å²) < 4.78 is 0. The van der Waals surface area contributed by atoms with Crippen molar-refractivity contribution < 1.29 is 15.0 Å². The number of allylic oxidation sites excluding steroid dienone is 5. The van der Waals surface area contributed by atoms with Crippen LogP contribution >= 0.6 is 0 Å². The number of rotatable bonds is 38. The summed E-state index contributed by atoms with van der Waals surface area (Å²) in [5.41, 5.74) is 0. The number of unbranched alkanes of at least 4 members (excludes halogenated alkanes) is 27. The number of nitrogens with one attached hydrogen (secondary N) is 1. The number of hydrogen-bond donors (Lipinski definition) is 3. The van der Waals surface area contributed by atoms with Crippen LogP contribution in [0, 0.1) is 0 Å². The second-order valence-electron chi connectivity index (χ2n) is 14.4. The van der Waals surface area contributed by atoms with Gasteiger partial charge in [0.15, 0.2) is 0 Å². The minimum Gasteiger partial charge on any atom is -0.394 e. The molecule has 4 heteroatoms. The summed E-state index contributed by atoms with van der Waals surface area (Å²) in [6.45, 7) is 4.30. The van der Waals surface area contributed by atoms with Crippen molar-refractivity contribution in [3.63, 3.8) is 0 Å². The van der Waals surface area contributed by atoms with Crippen LogP contribution in [-0.4, -0.2) is 34.9 Å². The van der Waals surface area contributed by atoms with Gasteiger partial charge < -0.3 is 15.5 Å². The highest BCUT2D eigenvalue weighted by molar-refractivity contribution is 5.76. The van der Waals surface area contributed by atoms with Crippen LogP contribution < -0.4 is 5.32 Å².